The second kappa shape index (κ2) is 10.5. The fraction of sp³-hybridized carbons (Fsp3) is 0.167. The first-order valence-electron chi connectivity index (χ1n) is 4.11. The Morgan fingerprint density at radius 1 is 1.08 bits per heavy atom. The Bertz CT molecular complexity index is 216. The van der Waals surface area contributed by atoms with E-state index in [2.05, 4.69) is 26.3 Å². The molecule has 0 saturated carbocycles. The van der Waals surface area contributed by atoms with Crippen molar-refractivity contribution in [3.05, 3.63) is 56.1 Å². The molecule has 0 unspecified atom stereocenters. The minimum atomic E-state index is 0.403. The zero-order chi connectivity index (χ0) is 10.7. The van der Waals surface area contributed by atoms with Crippen molar-refractivity contribution in [1.29, 1.82) is 0 Å². The van der Waals surface area contributed by atoms with Gasteiger partial charge >= 0.3 is 0 Å². The standard InChI is InChI=1S/C8H10O.2C2H4/c1-2-7-5-3-4-6-8(7)9;2*1-2/h3-6,9H,2H2,1H3;2*1-2H2. The van der Waals surface area contributed by atoms with Crippen LogP contribution in [-0.2, 0) is 6.42 Å². The molecule has 13 heavy (non-hydrogen) atoms. The van der Waals surface area contributed by atoms with Gasteiger partial charge in [0.2, 0.25) is 0 Å². The number of aryl methyl sites for hydroxylation is 1. The summed E-state index contributed by atoms with van der Waals surface area (Å²) in [6, 6.07) is 7.39. The Labute approximate surface area is 81.0 Å². The quantitative estimate of drug-likeness (QED) is 0.652. The van der Waals surface area contributed by atoms with Crippen molar-refractivity contribution in [2.45, 2.75) is 13.3 Å². The number of aromatic hydroxyl groups is 1. The average Bonchev–Trinajstić information content (AvgIpc) is 2.24. The molecular weight excluding hydrogens is 160 g/mol. The maximum atomic E-state index is 9.11. The van der Waals surface area contributed by atoms with Crippen LogP contribution in [0.15, 0.2) is 50.6 Å². The molecule has 0 amide bonds. The van der Waals surface area contributed by atoms with Crippen LogP contribution in [0.3, 0.4) is 0 Å². The zero-order valence-corrected chi connectivity index (χ0v) is 8.29. The van der Waals surface area contributed by atoms with Gasteiger partial charge in [0, 0.05) is 0 Å². The molecule has 1 nitrogen and oxygen atoms in total. The minimum absolute atomic E-state index is 0.403. The van der Waals surface area contributed by atoms with E-state index in [4.69, 9.17) is 5.11 Å². The lowest BCUT2D eigenvalue weighted by molar-refractivity contribution is 0.469. The Hall–Kier alpha value is -1.50. The minimum Gasteiger partial charge on any atom is -0.508 e. The molecule has 0 fully saturated rings. The zero-order valence-electron chi connectivity index (χ0n) is 8.29. The summed E-state index contributed by atoms with van der Waals surface area (Å²) in [6.07, 6.45) is 0.896. The topological polar surface area (TPSA) is 20.2 Å². The van der Waals surface area contributed by atoms with Crippen LogP contribution in [0.5, 0.6) is 5.75 Å². The van der Waals surface area contributed by atoms with E-state index in [0.29, 0.717) is 5.75 Å². The number of hydrogen-bond donors (Lipinski definition) is 1. The number of rotatable bonds is 1. The number of phenols is 1. The molecule has 72 valence electrons. The second-order valence-corrected chi connectivity index (χ2v) is 1.98. The van der Waals surface area contributed by atoms with Gasteiger partial charge in [-0.05, 0) is 18.1 Å². The maximum absolute atomic E-state index is 9.11. The molecular formula is C12H18O. The van der Waals surface area contributed by atoms with Crippen LogP contribution in [0.25, 0.3) is 0 Å². The number of phenolic OH excluding ortho intramolecular Hbond substituents is 1. The van der Waals surface area contributed by atoms with Crippen LogP contribution < -0.4 is 0 Å². The lowest BCUT2D eigenvalue weighted by atomic mass is 10.1. The van der Waals surface area contributed by atoms with Gasteiger partial charge in [0.1, 0.15) is 5.75 Å². The summed E-state index contributed by atoms with van der Waals surface area (Å²) in [5.74, 6) is 0.403. The number of para-hydroxylation sites is 1. The Balaban J connectivity index is 0. The molecule has 0 aliphatic heterocycles. The van der Waals surface area contributed by atoms with Gasteiger partial charge in [0.05, 0.1) is 0 Å². The third kappa shape index (κ3) is 5.74. The fourth-order valence-corrected chi connectivity index (χ4v) is 0.810. The van der Waals surface area contributed by atoms with Gasteiger partial charge in [-0.1, -0.05) is 25.1 Å². The maximum Gasteiger partial charge on any atom is 0.118 e. The third-order valence-corrected chi connectivity index (χ3v) is 1.37. The first kappa shape index (κ1) is 14.0. The van der Waals surface area contributed by atoms with Crippen LogP contribution in [0.2, 0.25) is 0 Å². The average molecular weight is 178 g/mol. The highest BCUT2D eigenvalue weighted by Crippen LogP contribution is 2.14. The first-order chi connectivity index (χ1) is 6.34. The molecule has 0 aliphatic carbocycles. The van der Waals surface area contributed by atoms with E-state index in [0.717, 1.165) is 12.0 Å². The van der Waals surface area contributed by atoms with Crippen molar-refractivity contribution in [3.63, 3.8) is 0 Å². The van der Waals surface area contributed by atoms with E-state index in [9.17, 15) is 0 Å². The third-order valence-electron chi connectivity index (χ3n) is 1.37. The molecule has 0 atom stereocenters. The summed E-state index contributed by atoms with van der Waals surface area (Å²) in [7, 11) is 0. The normalized spacial score (nSPS) is 7.15. The van der Waals surface area contributed by atoms with Gasteiger partial charge in [-0.2, -0.15) is 0 Å². The predicted octanol–water partition coefficient (Wildman–Crippen LogP) is 3.56. The Kier molecular flexibility index (Phi) is 11.3. The molecule has 1 aromatic carbocycles. The fourth-order valence-electron chi connectivity index (χ4n) is 0.810. The lowest BCUT2D eigenvalue weighted by Gasteiger charge is -1.97. The molecule has 0 heterocycles. The molecule has 0 aliphatic rings. The van der Waals surface area contributed by atoms with Gasteiger partial charge in [0.25, 0.3) is 0 Å². The molecule has 1 aromatic rings. The van der Waals surface area contributed by atoms with E-state index >= 15 is 0 Å². The molecule has 0 radical (unpaired) electrons. The lowest BCUT2D eigenvalue weighted by Crippen LogP contribution is -1.77. The molecule has 0 bridgehead atoms. The molecule has 0 spiro atoms. The largest absolute Gasteiger partial charge is 0.508 e. The van der Waals surface area contributed by atoms with Crippen LogP contribution >= 0.6 is 0 Å². The highest BCUT2D eigenvalue weighted by molar-refractivity contribution is 5.31. The van der Waals surface area contributed by atoms with Crippen molar-refractivity contribution in [2.75, 3.05) is 0 Å². The van der Waals surface area contributed by atoms with E-state index in [-0.39, 0.29) is 0 Å². The van der Waals surface area contributed by atoms with E-state index in [1.165, 1.54) is 0 Å². The van der Waals surface area contributed by atoms with Crippen molar-refractivity contribution in [2.24, 2.45) is 0 Å². The smallest absolute Gasteiger partial charge is 0.118 e. The van der Waals surface area contributed by atoms with Crippen molar-refractivity contribution >= 4 is 0 Å². The predicted molar refractivity (Wildman–Crippen MR) is 60.0 cm³/mol. The summed E-state index contributed by atoms with van der Waals surface area (Å²) in [6.45, 7) is 14.0. The van der Waals surface area contributed by atoms with Crippen LogP contribution in [0.1, 0.15) is 12.5 Å². The highest BCUT2D eigenvalue weighted by atomic mass is 16.3. The SMILES string of the molecule is C=C.C=C.CCc1ccccc1O. The van der Waals surface area contributed by atoms with Crippen LogP contribution in [0, 0.1) is 0 Å². The molecule has 0 aromatic heterocycles. The van der Waals surface area contributed by atoms with Gasteiger partial charge in [0.15, 0.2) is 0 Å². The summed E-state index contributed by atoms with van der Waals surface area (Å²) in [5, 5.41) is 9.11. The van der Waals surface area contributed by atoms with E-state index in [1.54, 1.807) is 6.07 Å². The monoisotopic (exact) mass is 178 g/mol. The molecule has 1 rings (SSSR count). The summed E-state index contributed by atoms with van der Waals surface area (Å²) < 4.78 is 0. The highest BCUT2D eigenvalue weighted by Gasteiger charge is 1.92. The van der Waals surface area contributed by atoms with Gasteiger partial charge in [-0.25, -0.2) is 0 Å². The van der Waals surface area contributed by atoms with Crippen LogP contribution in [0.4, 0.5) is 0 Å². The first-order valence-corrected chi connectivity index (χ1v) is 4.11. The summed E-state index contributed by atoms with van der Waals surface area (Å²) in [5.41, 5.74) is 1.01. The second-order valence-electron chi connectivity index (χ2n) is 1.98. The van der Waals surface area contributed by atoms with Crippen molar-refractivity contribution < 1.29 is 5.11 Å². The van der Waals surface area contributed by atoms with E-state index < -0.39 is 0 Å². The van der Waals surface area contributed by atoms with Gasteiger partial charge < -0.3 is 5.11 Å². The number of benzene rings is 1. The Morgan fingerprint density at radius 2 is 1.54 bits per heavy atom. The molecule has 1 heteroatoms. The van der Waals surface area contributed by atoms with Gasteiger partial charge in [-0.15, -0.1) is 26.3 Å². The molecule has 0 saturated heterocycles. The van der Waals surface area contributed by atoms with Crippen molar-refractivity contribution in [3.8, 4) is 5.75 Å². The van der Waals surface area contributed by atoms with Crippen LogP contribution in [-0.4, -0.2) is 5.11 Å². The van der Waals surface area contributed by atoms with Crippen molar-refractivity contribution in [1.82, 2.24) is 0 Å². The number of hydrogen-bond acceptors (Lipinski definition) is 1. The molecule has 1 N–H and O–H groups in total. The van der Waals surface area contributed by atoms with E-state index in [1.807, 2.05) is 25.1 Å². The Morgan fingerprint density at radius 3 is 1.85 bits per heavy atom. The summed E-state index contributed by atoms with van der Waals surface area (Å²) in [4.78, 5) is 0. The van der Waals surface area contributed by atoms with Gasteiger partial charge in [-0.3, -0.25) is 0 Å². The summed E-state index contributed by atoms with van der Waals surface area (Å²) >= 11 is 0.